The summed E-state index contributed by atoms with van der Waals surface area (Å²) in [5.74, 6) is 2.55. The monoisotopic (exact) mass is 281 g/mol. The third-order valence-corrected chi connectivity index (χ3v) is 3.40. The number of nitrogens with one attached hydrogen (secondary N) is 1. The molecule has 0 aliphatic rings. The lowest BCUT2D eigenvalue weighted by atomic mass is 10.1. The predicted molar refractivity (Wildman–Crippen MR) is 84.3 cm³/mol. The van der Waals surface area contributed by atoms with Crippen LogP contribution in [0.25, 0.3) is 0 Å². The Kier molecular flexibility index (Phi) is 15.2. The average molecular weight is 281 g/mol. The number of hydrogen-bond donors (Lipinski definition) is 2. The number of rotatable bonds is 14. The zero-order chi connectivity index (χ0) is 14.9. The smallest absolute Gasteiger partial charge is 0.220 e. The van der Waals surface area contributed by atoms with E-state index in [0.29, 0.717) is 19.4 Å². The molecule has 0 atom stereocenters. The van der Waals surface area contributed by atoms with E-state index in [0.717, 1.165) is 25.8 Å². The lowest BCUT2D eigenvalue weighted by Crippen LogP contribution is -2.23. The van der Waals surface area contributed by atoms with Crippen LogP contribution in [-0.2, 0) is 4.79 Å². The Labute approximate surface area is 124 Å². The van der Waals surface area contributed by atoms with Gasteiger partial charge >= 0.3 is 0 Å². The fourth-order valence-corrected chi connectivity index (χ4v) is 2.15. The molecule has 0 spiro atoms. The van der Waals surface area contributed by atoms with Crippen LogP contribution in [0.2, 0.25) is 0 Å². The predicted octanol–water partition coefficient (Wildman–Crippen LogP) is 3.41. The second kappa shape index (κ2) is 16.0. The first-order valence-corrected chi connectivity index (χ1v) is 8.12. The molecule has 3 nitrogen and oxygen atoms in total. The summed E-state index contributed by atoms with van der Waals surface area (Å²) < 4.78 is 0. The number of carbonyl (C=O) groups is 1. The molecule has 0 saturated heterocycles. The fourth-order valence-electron chi connectivity index (χ4n) is 2.15. The Morgan fingerprint density at radius 1 is 0.900 bits per heavy atom. The highest BCUT2D eigenvalue weighted by atomic mass is 16.2. The van der Waals surface area contributed by atoms with E-state index in [1.54, 1.807) is 0 Å². The minimum absolute atomic E-state index is 0.0748. The largest absolute Gasteiger partial charge is 0.396 e. The normalized spacial score (nSPS) is 10.2. The van der Waals surface area contributed by atoms with Gasteiger partial charge in [0, 0.05) is 26.0 Å². The SMILES string of the molecule is C#CCCC(=O)NCCCCCCCCCCCCO. The van der Waals surface area contributed by atoms with Crippen molar-refractivity contribution in [3.05, 3.63) is 0 Å². The van der Waals surface area contributed by atoms with Gasteiger partial charge in [0.2, 0.25) is 5.91 Å². The Hall–Kier alpha value is -1.01. The van der Waals surface area contributed by atoms with E-state index in [1.165, 1.54) is 44.9 Å². The number of terminal acetylenes is 1. The van der Waals surface area contributed by atoms with E-state index in [9.17, 15) is 4.79 Å². The van der Waals surface area contributed by atoms with Crippen LogP contribution in [0.15, 0.2) is 0 Å². The van der Waals surface area contributed by atoms with E-state index in [4.69, 9.17) is 11.5 Å². The summed E-state index contributed by atoms with van der Waals surface area (Å²) in [5, 5.41) is 11.5. The molecule has 0 bridgehead atoms. The summed E-state index contributed by atoms with van der Waals surface area (Å²) in [6.45, 7) is 1.11. The molecule has 0 aliphatic carbocycles. The molecular weight excluding hydrogens is 250 g/mol. The quantitative estimate of drug-likeness (QED) is 0.379. The van der Waals surface area contributed by atoms with Crippen molar-refractivity contribution in [2.24, 2.45) is 0 Å². The highest BCUT2D eigenvalue weighted by molar-refractivity contribution is 5.76. The van der Waals surface area contributed by atoms with Crippen molar-refractivity contribution in [2.45, 2.75) is 77.0 Å². The van der Waals surface area contributed by atoms with Crippen molar-refractivity contribution in [3.8, 4) is 12.3 Å². The van der Waals surface area contributed by atoms with Gasteiger partial charge in [-0.3, -0.25) is 4.79 Å². The number of hydrogen-bond acceptors (Lipinski definition) is 2. The van der Waals surface area contributed by atoms with Crippen LogP contribution < -0.4 is 5.32 Å². The first kappa shape index (κ1) is 19.0. The molecular formula is C17H31NO2. The maximum Gasteiger partial charge on any atom is 0.220 e. The standard InChI is InChI=1S/C17H31NO2/c1-2-3-14-17(20)18-15-12-10-8-6-4-5-7-9-11-13-16-19/h1,19H,3-16H2,(H,18,20). The molecule has 1 amide bonds. The van der Waals surface area contributed by atoms with Crippen molar-refractivity contribution >= 4 is 5.91 Å². The summed E-state index contributed by atoms with van der Waals surface area (Å²) in [6.07, 6.45) is 18.2. The lowest BCUT2D eigenvalue weighted by molar-refractivity contribution is -0.120. The van der Waals surface area contributed by atoms with Gasteiger partial charge in [-0.15, -0.1) is 12.3 Å². The molecule has 0 aromatic carbocycles. The van der Waals surface area contributed by atoms with Gasteiger partial charge in [-0.25, -0.2) is 0 Å². The third kappa shape index (κ3) is 15.0. The molecule has 0 unspecified atom stereocenters. The van der Waals surface area contributed by atoms with Crippen LogP contribution in [0.4, 0.5) is 0 Å². The number of aliphatic hydroxyl groups is 1. The fraction of sp³-hybridized carbons (Fsp3) is 0.824. The van der Waals surface area contributed by atoms with Crippen molar-refractivity contribution in [1.29, 1.82) is 0 Å². The molecule has 0 aliphatic heterocycles. The van der Waals surface area contributed by atoms with Gasteiger partial charge in [-0.2, -0.15) is 0 Å². The highest BCUT2D eigenvalue weighted by Crippen LogP contribution is 2.10. The summed E-state index contributed by atoms with van der Waals surface area (Å²) >= 11 is 0. The van der Waals surface area contributed by atoms with E-state index in [1.807, 2.05) is 0 Å². The van der Waals surface area contributed by atoms with Gasteiger partial charge in [0.05, 0.1) is 0 Å². The van der Waals surface area contributed by atoms with E-state index in [-0.39, 0.29) is 5.91 Å². The molecule has 2 N–H and O–H groups in total. The van der Waals surface area contributed by atoms with Crippen molar-refractivity contribution < 1.29 is 9.90 Å². The summed E-state index contributed by atoms with van der Waals surface area (Å²) in [5.41, 5.74) is 0. The molecule has 116 valence electrons. The van der Waals surface area contributed by atoms with Crippen LogP contribution in [-0.4, -0.2) is 24.2 Å². The molecule has 0 saturated carbocycles. The second-order valence-corrected chi connectivity index (χ2v) is 5.31. The first-order valence-electron chi connectivity index (χ1n) is 8.12. The maximum absolute atomic E-state index is 11.3. The van der Waals surface area contributed by atoms with E-state index in [2.05, 4.69) is 11.2 Å². The summed E-state index contributed by atoms with van der Waals surface area (Å²) in [6, 6.07) is 0. The molecule has 20 heavy (non-hydrogen) atoms. The van der Waals surface area contributed by atoms with E-state index >= 15 is 0 Å². The van der Waals surface area contributed by atoms with Crippen LogP contribution >= 0.6 is 0 Å². The van der Waals surface area contributed by atoms with Gasteiger partial charge < -0.3 is 10.4 Å². The number of amides is 1. The Balaban J connectivity index is 3.06. The zero-order valence-corrected chi connectivity index (χ0v) is 12.8. The van der Waals surface area contributed by atoms with Gasteiger partial charge in [-0.1, -0.05) is 51.4 Å². The van der Waals surface area contributed by atoms with E-state index < -0.39 is 0 Å². The molecule has 0 aromatic rings. The van der Waals surface area contributed by atoms with Crippen LogP contribution in [0.1, 0.15) is 77.0 Å². The molecule has 0 aromatic heterocycles. The molecule has 0 fully saturated rings. The van der Waals surface area contributed by atoms with Gasteiger partial charge in [-0.05, 0) is 12.8 Å². The first-order chi connectivity index (χ1) is 9.81. The average Bonchev–Trinajstić information content (AvgIpc) is 2.46. The number of carbonyl (C=O) groups excluding carboxylic acids is 1. The van der Waals surface area contributed by atoms with Crippen LogP contribution in [0.3, 0.4) is 0 Å². The van der Waals surface area contributed by atoms with Gasteiger partial charge in [0.25, 0.3) is 0 Å². The van der Waals surface area contributed by atoms with Gasteiger partial charge in [0.15, 0.2) is 0 Å². The molecule has 0 radical (unpaired) electrons. The van der Waals surface area contributed by atoms with Gasteiger partial charge in [0.1, 0.15) is 0 Å². The Morgan fingerprint density at radius 3 is 1.90 bits per heavy atom. The molecule has 0 rings (SSSR count). The topological polar surface area (TPSA) is 49.3 Å². The third-order valence-electron chi connectivity index (χ3n) is 3.40. The zero-order valence-electron chi connectivity index (χ0n) is 12.8. The number of unbranched alkanes of at least 4 members (excludes halogenated alkanes) is 9. The Bertz CT molecular complexity index is 258. The lowest BCUT2D eigenvalue weighted by Gasteiger charge is -2.04. The second-order valence-electron chi connectivity index (χ2n) is 5.31. The molecule has 0 heterocycles. The minimum atomic E-state index is 0.0748. The number of aliphatic hydroxyl groups excluding tert-OH is 1. The summed E-state index contributed by atoms with van der Waals surface area (Å²) in [7, 11) is 0. The highest BCUT2D eigenvalue weighted by Gasteiger charge is 1.98. The van der Waals surface area contributed by atoms with Crippen molar-refractivity contribution in [3.63, 3.8) is 0 Å². The van der Waals surface area contributed by atoms with Crippen LogP contribution in [0.5, 0.6) is 0 Å². The van der Waals surface area contributed by atoms with Crippen LogP contribution in [0, 0.1) is 12.3 Å². The maximum atomic E-state index is 11.3. The minimum Gasteiger partial charge on any atom is -0.396 e. The Morgan fingerprint density at radius 2 is 1.40 bits per heavy atom. The summed E-state index contributed by atoms with van der Waals surface area (Å²) in [4.78, 5) is 11.3. The van der Waals surface area contributed by atoms with Crippen molar-refractivity contribution in [2.75, 3.05) is 13.2 Å². The van der Waals surface area contributed by atoms with Crippen molar-refractivity contribution in [1.82, 2.24) is 5.32 Å². The molecule has 3 heteroatoms.